The molecular weight excluding hydrogens is 1010 g/mol. The standard InChI is InChI=1S/C6H8N.C6H7O2S.C6H7O.C6H7S.C6H7Se.5Y/c1-5-3-6(2)7-4-5;1-5-3-6(2)9(7,8)4-5;3*1-5-3-6(2)7-4-5;;;;;/h4,7H,1-2H3;4H,1-2H3;3*4H,1-2H3;;;;;/q5*-1;;;;;. The molecule has 4 aromatic rings. The van der Waals surface area contributed by atoms with Crippen LogP contribution in [0.15, 0.2) is 43.1 Å². The zero-order valence-corrected chi connectivity index (χ0v) is 43.8. The van der Waals surface area contributed by atoms with E-state index in [1.165, 1.54) is 31.4 Å². The monoisotopic (exact) mass is 1050 g/mol. The van der Waals surface area contributed by atoms with Crippen molar-refractivity contribution in [1.82, 2.24) is 4.98 Å². The van der Waals surface area contributed by atoms with E-state index in [0.717, 1.165) is 17.0 Å². The van der Waals surface area contributed by atoms with Crippen molar-refractivity contribution in [2.45, 2.75) is 69.2 Å². The number of aromatic amines is 1. The number of allylic oxidation sites excluding steroid dienone is 3. The Labute approximate surface area is 390 Å². The van der Waals surface area contributed by atoms with E-state index in [-0.39, 0.29) is 164 Å². The van der Waals surface area contributed by atoms with Gasteiger partial charge in [0.25, 0.3) is 0 Å². The van der Waals surface area contributed by atoms with Crippen LogP contribution in [0.3, 0.4) is 0 Å². The summed E-state index contributed by atoms with van der Waals surface area (Å²) < 4.78 is 27.9. The summed E-state index contributed by atoms with van der Waals surface area (Å²) in [6.07, 6.45) is 6.33. The van der Waals surface area contributed by atoms with Gasteiger partial charge in [-0.3, -0.25) is 11.3 Å². The molecule has 4 nitrogen and oxygen atoms in total. The molecule has 0 unspecified atom stereocenters. The Kier molecular flexibility index (Phi) is 37.9. The second-order valence-electron chi connectivity index (χ2n) is 8.55. The molecule has 0 aromatic carbocycles. The summed E-state index contributed by atoms with van der Waals surface area (Å²) >= 11 is 2.39. The molecule has 0 saturated carbocycles. The number of aryl methyl sites for hydroxylation is 8. The normalized spacial score (nSPS) is 11.3. The number of rotatable bonds is 0. The minimum Gasteiger partial charge on any atom is -0.573 e. The molecule has 12 heteroatoms. The number of furan rings is 1. The molecule has 0 aliphatic carbocycles. The first-order valence-corrected chi connectivity index (χ1v) is 15.8. The van der Waals surface area contributed by atoms with Crippen molar-refractivity contribution in [2.24, 2.45) is 0 Å². The number of hydrogen-bond donors (Lipinski definition) is 1. The van der Waals surface area contributed by atoms with E-state index in [0.29, 0.717) is 25.0 Å². The van der Waals surface area contributed by atoms with E-state index in [9.17, 15) is 8.42 Å². The van der Waals surface area contributed by atoms with Crippen LogP contribution < -0.4 is 0 Å². The van der Waals surface area contributed by atoms with Crippen LogP contribution >= 0.6 is 11.3 Å². The fourth-order valence-electron chi connectivity index (χ4n) is 2.82. The van der Waals surface area contributed by atoms with E-state index in [2.05, 4.69) is 73.3 Å². The summed E-state index contributed by atoms with van der Waals surface area (Å²) in [7, 11) is -3.03. The molecule has 42 heavy (non-hydrogen) atoms. The van der Waals surface area contributed by atoms with E-state index >= 15 is 0 Å². The number of hydrogen-bond acceptors (Lipinski definition) is 4. The van der Waals surface area contributed by atoms with Gasteiger partial charge in [-0.05, 0) is 33.5 Å². The van der Waals surface area contributed by atoms with Gasteiger partial charge >= 0.3 is 49.4 Å². The minimum atomic E-state index is -3.03. The maximum Gasteiger partial charge on any atom is 0 e. The van der Waals surface area contributed by atoms with Crippen LogP contribution in [0.1, 0.15) is 56.9 Å². The van der Waals surface area contributed by atoms with Crippen LogP contribution in [-0.4, -0.2) is 27.9 Å². The maximum atomic E-state index is 10.8. The van der Waals surface area contributed by atoms with Crippen LogP contribution in [0.2, 0.25) is 0 Å². The van der Waals surface area contributed by atoms with Gasteiger partial charge in [0.1, 0.15) is 9.84 Å². The first kappa shape index (κ1) is 54.7. The van der Waals surface area contributed by atoms with E-state index in [1.807, 2.05) is 33.9 Å². The van der Waals surface area contributed by atoms with Crippen LogP contribution in [0, 0.1) is 85.7 Å². The van der Waals surface area contributed by atoms with Gasteiger partial charge in [0.15, 0.2) is 0 Å². The second-order valence-corrected chi connectivity index (χ2v) is 13.8. The Morgan fingerprint density at radius 3 is 1.48 bits per heavy atom. The third-order valence-electron chi connectivity index (χ3n) is 4.38. The molecule has 1 aliphatic rings. The van der Waals surface area contributed by atoms with Crippen molar-refractivity contribution < 1.29 is 176 Å². The summed E-state index contributed by atoms with van der Waals surface area (Å²) in [6, 6.07) is 12.4. The molecule has 5 heterocycles. The van der Waals surface area contributed by atoms with Gasteiger partial charge in [-0.1, -0.05) is 44.6 Å². The molecule has 4 aromatic heterocycles. The number of nitrogens with one attached hydrogen (secondary N) is 1. The van der Waals surface area contributed by atoms with Gasteiger partial charge in [0.2, 0.25) is 0 Å². The molecule has 0 spiro atoms. The molecule has 0 atom stereocenters. The average Bonchev–Trinajstić information content (AvgIpc) is 3.58. The fourth-order valence-corrected chi connectivity index (χ4v) is 5.79. The van der Waals surface area contributed by atoms with Gasteiger partial charge in [0.05, 0.1) is 0 Å². The molecule has 1 aliphatic heterocycles. The first-order chi connectivity index (χ1) is 17.2. The Morgan fingerprint density at radius 2 is 1.36 bits per heavy atom. The van der Waals surface area contributed by atoms with Crippen LogP contribution in [0.5, 0.6) is 0 Å². The Morgan fingerprint density at radius 1 is 0.762 bits per heavy atom. The summed E-state index contributed by atoms with van der Waals surface area (Å²) in [5.74, 6) is 0.859. The zero-order valence-electron chi connectivity index (χ0n) is 26.2. The van der Waals surface area contributed by atoms with Crippen molar-refractivity contribution in [3.05, 3.63) is 112 Å². The molecule has 217 valence electrons. The number of aromatic nitrogens is 1. The summed E-state index contributed by atoms with van der Waals surface area (Å²) in [5, 5.41) is 3.33. The average molecular weight is 1050 g/mol. The first-order valence-electron chi connectivity index (χ1n) is 11.6. The Bertz CT molecular complexity index is 1200. The Hall–Kier alpha value is 3.21. The molecule has 0 saturated heterocycles. The predicted octanol–water partition coefficient (Wildman–Crippen LogP) is 7.47. The van der Waals surface area contributed by atoms with Crippen molar-refractivity contribution in [2.75, 3.05) is 0 Å². The van der Waals surface area contributed by atoms with Crippen LogP contribution in [-0.2, 0) is 173 Å². The summed E-state index contributed by atoms with van der Waals surface area (Å²) in [5.41, 5.74) is 6.61. The van der Waals surface area contributed by atoms with E-state index < -0.39 is 9.84 Å². The van der Waals surface area contributed by atoms with Gasteiger partial charge in [-0.25, -0.2) is 49.4 Å². The quantitative estimate of drug-likeness (QED) is 0.147. The Balaban J connectivity index is -0.000000132. The molecule has 0 fully saturated rings. The zero-order chi connectivity index (χ0) is 28.2. The topological polar surface area (TPSA) is 63.1 Å². The SMILES string of the molecule is CC1=[C-]C(C)=CS1(=O)=O.Cc1[c-]c(C)[nH]c1.Cc1[c-]c(C)[se]c1.Cc1[c-]c(C)oc1.Cc1[c-]c(C)sc1.[Y].[Y].[Y].[Y].[Y]. The second kappa shape index (κ2) is 29.2. The molecule has 1 N–H and O–H groups in total. The number of thiophene rings is 1. The van der Waals surface area contributed by atoms with Gasteiger partial charge in [0, 0.05) is 164 Å². The maximum absolute atomic E-state index is 10.8. The smallest absolute Gasteiger partial charge is 0 e. The molecule has 5 rings (SSSR count). The van der Waals surface area contributed by atoms with Crippen molar-refractivity contribution in [1.29, 1.82) is 0 Å². The molecular formula is C30H36NO3S2SeY5-5. The van der Waals surface area contributed by atoms with Crippen LogP contribution in [0.25, 0.3) is 0 Å². The minimum absolute atomic E-state index is 0. The number of H-pyrrole nitrogens is 1. The summed E-state index contributed by atoms with van der Waals surface area (Å²) in [4.78, 5) is 6.86. The van der Waals surface area contributed by atoms with E-state index in [4.69, 9.17) is 4.42 Å². The summed E-state index contributed by atoms with van der Waals surface area (Å²) in [6.45, 7) is 19.5. The fraction of sp³-hybridized carbons (Fsp3) is 0.333. The predicted molar refractivity (Wildman–Crippen MR) is 156 cm³/mol. The van der Waals surface area contributed by atoms with Crippen molar-refractivity contribution in [3.8, 4) is 0 Å². The van der Waals surface area contributed by atoms with Gasteiger partial charge in [-0.15, -0.1) is 16.5 Å². The van der Waals surface area contributed by atoms with Crippen LogP contribution in [0.4, 0.5) is 0 Å². The molecule has 5 radical (unpaired) electrons. The molecule has 0 bridgehead atoms. The van der Waals surface area contributed by atoms with Crippen molar-refractivity contribution >= 4 is 35.7 Å². The van der Waals surface area contributed by atoms with Crippen molar-refractivity contribution in [3.63, 3.8) is 0 Å². The molecule has 0 amide bonds. The van der Waals surface area contributed by atoms with Gasteiger partial charge < -0.3 is 9.40 Å². The third kappa shape index (κ3) is 26.2. The third-order valence-corrected chi connectivity index (χ3v) is 8.87. The van der Waals surface area contributed by atoms with Gasteiger partial charge in [-0.2, -0.15) is 10.9 Å². The largest absolute Gasteiger partial charge is 0.573 e. The van der Waals surface area contributed by atoms with E-state index in [1.54, 1.807) is 31.4 Å². The number of sulfone groups is 1.